The van der Waals surface area contributed by atoms with Gasteiger partial charge in [-0.05, 0) is 25.2 Å². The first kappa shape index (κ1) is 17.5. The first-order valence-electron chi connectivity index (χ1n) is 6.42. The van der Waals surface area contributed by atoms with Crippen LogP contribution in [0.1, 0.15) is 39.5 Å². The molecule has 0 saturated carbocycles. The molecular formula is C14H23NO4. The zero-order valence-corrected chi connectivity index (χ0v) is 11.8. The van der Waals surface area contributed by atoms with Crippen LogP contribution in [-0.2, 0) is 14.3 Å². The molecule has 0 radical (unpaired) electrons. The maximum absolute atomic E-state index is 11.7. The number of carbonyl (C=O) groups excluding carboxylic acids is 2. The van der Waals surface area contributed by atoms with E-state index in [2.05, 4.69) is 16.0 Å². The van der Waals surface area contributed by atoms with Crippen LogP contribution in [0, 0.1) is 18.3 Å². The normalized spacial score (nSPS) is 13.5. The molecule has 0 bridgehead atoms. The van der Waals surface area contributed by atoms with Crippen molar-refractivity contribution in [2.24, 2.45) is 5.92 Å². The second-order valence-electron chi connectivity index (χ2n) is 4.83. The fourth-order valence-corrected chi connectivity index (χ4v) is 1.62. The molecule has 2 N–H and O–H groups in total. The number of carbonyl (C=O) groups is 2. The lowest BCUT2D eigenvalue weighted by molar-refractivity contribution is -0.146. The van der Waals surface area contributed by atoms with Crippen molar-refractivity contribution in [3.8, 4) is 12.3 Å². The molecule has 0 fully saturated rings. The van der Waals surface area contributed by atoms with Crippen molar-refractivity contribution in [1.29, 1.82) is 0 Å². The van der Waals surface area contributed by atoms with Crippen molar-refractivity contribution >= 4 is 11.9 Å². The van der Waals surface area contributed by atoms with E-state index in [9.17, 15) is 14.7 Å². The van der Waals surface area contributed by atoms with Gasteiger partial charge in [-0.2, -0.15) is 0 Å². The largest absolute Gasteiger partial charge is 0.467 e. The highest BCUT2D eigenvalue weighted by molar-refractivity contribution is 5.86. The number of unbranched alkanes of at least 4 members (excludes halogenated alkanes) is 1. The Morgan fingerprint density at radius 1 is 1.42 bits per heavy atom. The Morgan fingerprint density at radius 2 is 2.05 bits per heavy atom. The van der Waals surface area contributed by atoms with Gasteiger partial charge in [-0.3, -0.25) is 4.79 Å². The molecule has 108 valence electrons. The SMILES string of the molecule is C#CCCC[C@H](NC(=O)[C@@H](O)CC(C)C)C(=O)OC. The number of hydrogen-bond donors (Lipinski definition) is 2. The van der Waals surface area contributed by atoms with E-state index in [1.54, 1.807) is 0 Å². The average Bonchev–Trinajstić information content (AvgIpc) is 2.35. The van der Waals surface area contributed by atoms with Crippen LogP contribution in [0.25, 0.3) is 0 Å². The summed E-state index contributed by atoms with van der Waals surface area (Å²) in [6.45, 7) is 3.81. The van der Waals surface area contributed by atoms with Gasteiger partial charge >= 0.3 is 5.97 Å². The van der Waals surface area contributed by atoms with Gasteiger partial charge in [-0.25, -0.2) is 4.79 Å². The fraction of sp³-hybridized carbons (Fsp3) is 0.714. The van der Waals surface area contributed by atoms with Gasteiger partial charge in [0.15, 0.2) is 0 Å². The lowest BCUT2D eigenvalue weighted by atomic mass is 10.0. The zero-order chi connectivity index (χ0) is 14.8. The van der Waals surface area contributed by atoms with Crippen LogP contribution in [0.5, 0.6) is 0 Å². The third-order valence-electron chi connectivity index (χ3n) is 2.61. The van der Waals surface area contributed by atoms with Crippen molar-refractivity contribution in [3.63, 3.8) is 0 Å². The number of terminal acetylenes is 1. The highest BCUT2D eigenvalue weighted by Gasteiger charge is 2.24. The summed E-state index contributed by atoms with van der Waals surface area (Å²) in [7, 11) is 1.26. The smallest absolute Gasteiger partial charge is 0.328 e. The number of hydrogen-bond acceptors (Lipinski definition) is 4. The van der Waals surface area contributed by atoms with E-state index in [1.807, 2.05) is 13.8 Å². The summed E-state index contributed by atoms with van der Waals surface area (Å²) in [6, 6.07) is -0.757. The molecule has 0 spiro atoms. The molecule has 1 amide bonds. The van der Waals surface area contributed by atoms with E-state index in [-0.39, 0.29) is 5.92 Å². The summed E-state index contributed by atoms with van der Waals surface area (Å²) >= 11 is 0. The summed E-state index contributed by atoms with van der Waals surface area (Å²) in [5, 5.41) is 12.2. The molecule has 0 aromatic heterocycles. The van der Waals surface area contributed by atoms with Gasteiger partial charge in [-0.1, -0.05) is 13.8 Å². The molecule has 0 aliphatic heterocycles. The maximum atomic E-state index is 11.7. The van der Waals surface area contributed by atoms with E-state index < -0.39 is 24.0 Å². The number of esters is 1. The van der Waals surface area contributed by atoms with Crippen molar-refractivity contribution in [2.75, 3.05) is 7.11 Å². The third kappa shape index (κ3) is 7.47. The first-order valence-corrected chi connectivity index (χ1v) is 6.42. The number of ether oxygens (including phenoxy) is 1. The molecule has 2 atom stereocenters. The number of aliphatic hydroxyl groups is 1. The van der Waals surface area contributed by atoms with Gasteiger partial charge in [0, 0.05) is 6.42 Å². The number of amides is 1. The summed E-state index contributed by atoms with van der Waals surface area (Å²) in [4.78, 5) is 23.2. The predicted octanol–water partition coefficient (Wildman–Crippen LogP) is 0.855. The molecule has 0 aromatic rings. The van der Waals surface area contributed by atoms with Gasteiger partial charge in [0.25, 0.3) is 0 Å². The third-order valence-corrected chi connectivity index (χ3v) is 2.61. The number of nitrogens with one attached hydrogen (secondary N) is 1. The van der Waals surface area contributed by atoms with Gasteiger partial charge in [-0.15, -0.1) is 12.3 Å². The zero-order valence-electron chi connectivity index (χ0n) is 11.8. The second kappa shape index (κ2) is 9.40. The Hall–Kier alpha value is -1.54. The lowest BCUT2D eigenvalue weighted by Crippen LogP contribution is -2.46. The van der Waals surface area contributed by atoms with Crippen LogP contribution in [0.2, 0.25) is 0 Å². The van der Waals surface area contributed by atoms with Gasteiger partial charge < -0.3 is 15.2 Å². The van der Waals surface area contributed by atoms with Crippen molar-refractivity contribution in [3.05, 3.63) is 0 Å². The van der Waals surface area contributed by atoms with Crippen LogP contribution in [0.4, 0.5) is 0 Å². The van der Waals surface area contributed by atoms with Gasteiger partial charge in [0.2, 0.25) is 5.91 Å². The highest BCUT2D eigenvalue weighted by atomic mass is 16.5. The summed E-state index contributed by atoms with van der Waals surface area (Å²) in [5.41, 5.74) is 0. The summed E-state index contributed by atoms with van der Waals surface area (Å²) in [5.74, 6) is 1.58. The molecule has 5 heteroatoms. The molecule has 0 saturated heterocycles. The molecule has 0 rings (SSSR count). The van der Waals surface area contributed by atoms with Crippen LogP contribution >= 0.6 is 0 Å². The Morgan fingerprint density at radius 3 is 2.53 bits per heavy atom. The Labute approximate surface area is 114 Å². The van der Waals surface area contributed by atoms with Crippen molar-refractivity contribution in [1.82, 2.24) is 5.32 Å². The monoisotopic (exact) mass is 269 g/mol. The minimum Gasteiger partial charge on any atom is -0.467 e. The molecule has 19 heavy (non-hydrogen) atoms. The van der Waals surface area contributed by atoms with E-state index in [1.165, 1.54) is 7.11 Å². The Bertz CT molecular complexity index is 333. The topological polar surface area (TPSA) is 75.6 Å². The van der Waals surface area contributed by atoms with E-state index >= 15 is 0 Å². The maximum Gasteiger partial charge on any atom is 0.328 e. The second-order valence-corrected chi connectivity index (χ2v) is 4.83. The molecule has 0 aliphatic rings. The van der Waals surface area contributed by atoms with Gasteiger partial charge in [0.1, 0.15) is 12.1 Å². The molecular weight excluding hydrogens is 246 g/mol. The summed E-state index contributed by atoms with van der Waals surface area (Å²) < 4.78 is 4.62. The van der Waals surface area contributed by atoms with Crippen LogP contribution in [-0.4, -0.2) is 36.2 Å². The molecule has 0 unspecified atom stereocenters. The quantitative estimate of drug-likeness (QED) is 0.389. The fourth-order valence-electron chi connectivity index (χ4n) is 1.62. The molecule has 0 aliphatic carbocycles. The highest BCUT2D eigenvalue weighted by Crippen LogP contribution is 2.07. The van der Waals surface area contributed by atoms with Crippen LogP contribution in [0.3, 0.4) is 0 Å². The predicted molar refractivity (Wildman–Crippen MR) is 72.1 cm³/mol. The van der Waals surface area contributed by atoms with Crippen molar-refractivity contribution in [2.45, 2.75) is 51.7 Å². The lowest BCUT2D eigenvalue weighted by Gasteiger charge is -2.19. The van der Waals surface area contributed by atoms with E-state index in [0.29, 0.717) is 25.7 Å². The van der Waals surface area contributed by atoms with E-state index in [0.717, 1.165) is 0 Å². The Balaban J connectivity index is 4.42. The van der Waals surface area contributed by atoms with E-state index in [4.69, 9.17) is 6.42 Å². The first-order chi connectivity index (χ1) is 8.92. The standard InChI is InChI=1S/C14H23NO4/c1-5-6-7-8-11(14(18)19-4)15-13(17)12(16)9-10(2)3/h1,10-12,16H,6-9H2,2-4H3,(H,15,17)/t11-,12-/m0/s1. The average molecular weight is 269 g/mol. The summed E-state index contributed by atoms with van der Waals surface area (Å²) in [6.07, 6.45) is 5.91. The van der Waals surface area contributed by atoms with Crippen molar-refractivity contribution < 1.29 is 19.4 Å². The van der Waals surface area contributed by atoms with Crippen LogP contribution < -0.4 is 5.32 Å². The number of methoxy groups -OCH3 is 1. The minimum absolute atomic E-state index is 0.193. The van der Waals surface area contributed by atoms with Crippen LogP contribution in [0.15, 0.2) is 0 Å². The molecule has 5 nitrogen and oxygen atoms in total. The number of rotatable bonds is 8. The molecule has 0 heterocycles. The minimum atomic E-state index is -1.11. The molecule has 0 aromatic carbocycles. The number of aliphatic hydroxyl groups excluding tert-OH is 1. The Kier molecular flexibility index (Phi) is 8.64. The van der Waals surface area contributed by atoms with Gasteiger partial charge in [0.05, 0.1) is 7.11 Å².